The molecule has 0 unspecified atom stereocenters. The van der Waals surface area contributed by atoms with Gasteiger partial charge in [-0.2, -0.15) is 0 Å². The number of halogens is 1. The average Bonchev–Trinajstić information content (AvgIpc) is 3.70. The van der Waals surface area contributed by atoms with Gasteiger partial charge in [-0.1, -0.05) is 35.7 Å². The molecule has 4 N–H and O–H groups in total. The number of anilines is 2. The molecule has 3 aliphatic rings. The first-order valence-electron chi connectivity index (χ1n) is 19.9. The molecule has 2 aliphatic carbocycles. The zero-order valence-electron chi connectivity index (χ0n) is 32.9. The number of pyridine rings is 1. The lowest BCUT2D eigenvalue weighted by Gasteiger charge is -2.47. The van der Waals surface area contributed by atoms with Gasteiger partial charge in [0.2, 0.25) is 0 Å². The first-order chi connectivity index (χ1) is 28.7. The second-order valence-corrected chi connectivity index (χ2v) is 16.8. The molecule has 59 heavy (non-hydrogen) atoms. The molecule has 1 spiro atoms. The Morgan fingerprint density at radius 1 is 1.10 bits per heavy atom. The summed E-state index contributed by atoms with van der Waals surface area (Å²) in [6.07, 6.45) is 12.4. The number of benzene rings is 3. The Balaban J connectivity index is 0.988. The van der Waals surface area contributed by atoms with Crippen molar-refractivity contribution in [2.45, 2.75) is 43.4 Å². The summed E-state index contributed by atoms with van der Waals surface area (Å²) in [6.45, 7) is 5.10. The molecule has 15 heteroatoms. The van der Waals surface area contributed by atoms with Crippen molar-refractivity contribution in [3.8, 4) is 11.5 Å². The van der Waals surface area contributed by atoms with Gasteiger partial charge in [0.1, 0.15) is 17.1 Å². The number of carbonyl (C=O) groups excluding carboxylic acids is 1. The van der Waals surface area contributed by atoms with Crippen molar-refractivity contribution in [2.75, 3.05) is 63.6 Å². The third-order valence-electron chi connectivity index (χ3n) is 11.8. The predicted octanol–water partition coefficient (Wildman–Crippen LogP) is 8.93. The van der Waals surface area contributed by atoms with E-state index < -0.39 is 10.8 Å². The molecule has 1 amide bonds. The van der Waals surface area contributed by atoms with Gasteiger partial charge in [0.05, 0.1) is 35.4 Å². The second kappa shape index (κ2) is 17.8. The summed E-state index contributed by atoms with van der Waals surface area (Å²) >= 11 is 7.21. The molecule has 306 valence electrons. The van der Waals surface area contributed by atoms with Gasteiger partial charge in [0.15, 0.2) is 0 Å². The van der Waals surface area contributed by atoms with Crippen LogP contribution in [0.5, 0.6) is 11.5 Å². The Kier molecular flexibility index (Phi) is 12.2. The summed E-state index contributed by atoms with van der Waals surface area (Å²) in [6, 6.07) is 20.7. The number of methoxy groups -OCH3 is 1. The number of amides is 1. The highest BCUT2D eigenvalue weighted by molar-refractivity contribution is 7.98. The van der Waals surface area contributed by atoms with Gasteiger partial charge in [-0.15, -0.1) is 0 Å². The highest BCUT2D eigenvalue weighted by Gasteiger charge is 2.41. The van der Waals surface area contributed by atoms with Crippen LogP contribution in [0.1, 0.15) is 60.0 Å². The molecular weight excluding hydrogens is 788 g/mol. The number of H-pyrrole nitrogens is 1. The maximum Gasteiger partial charge on any atom is 0.281 e. The fourth-order valence-corrected chi connectivity index (χ4v) is 9.15. The third kappa shape index (κ3) is 9.26. The van der Waals surface area contributed by atoms with Gasteiger partial charge in [0, 0.05) is 91.1 Å². The number of nitrogens with zero attached hydrogens (tertiary/aromatic N) is 5. The number of nitro groups is 1. The van der Waals surface area contributed by atoms with Crippen molar-refractivity contribution in [1.29, 1.82) is 0 Å². The quantitative estimate of drug-likeness (QED) is 0.0246. The van der Waals surface area contributed by atoms with Crippen LogP contribution in [0.25, 0.3) is 16.6 Å². The molecule has 0 radical (unpaired) electrons. The summed E-state index contributed by atoms with van der Waals surface area (Å²) in [5.74, 6) is 0.398. The van der Waals surface area contributed by atoms with Crippen LogP contribution in [0.15, 0.2) is 94.6 Å². The van der Waals surface area contributed by atoms with E-state index in [2.05, 4.69) is 41.6 Å². The first kappa shape index (κ1) is 40.4. The fourth-order valence-electron chi connectivity index (χ4n) is 8.35. The number of fused-ring (bicyclic) bond motifs is 1. The number of rotatable bonds is 14. The van der Waals surface area contributed by atoms with E-state index in [9.17, 15) is 14.9 Å². The Labute approximate surface area is 352 Å². The van der Waals surface area contributed by atoms with Crippen LogP contribution in [-0.4, -0.2) is 84.9 Å². The minimum Gasteiger partial charge on any atom is -0.455 e. The number of piperazine rings is 1. The summed E-state index contributed by atoms with van der Waals surface area (Å²) in [4.78, 5) is 42.3. The molecule has 1 saturated carbocycles. The van der Waals surface area contributed by atoms with Gasteiger partial charge >= 0.3 is 0 Å². The van der Waals surface area contributed by atoms with E-state index in [-0.39, 0.29) is 16.9 Å². The summed E-state index contributed by atoms with van der Waals surface area (Å²) < 4.78 is 14.2. The zero-order valence-corrected chi connectivity index (χ0v) is 34.5. The van der Waals surface area contributed by atoms with Crippen LogP contribution in [0.3, 0.4) is 0 Å². The average molecular weight is 835 g/mol. The van der Waals surface area contributed by atoms with Crippen molar-refractivity contribution >= 4 is 69.3 Å². The van der Waals surface area contributed by atoms with Crippen molar-refractivity contribution in [2.24, 2.45) is 10.4 Å². The molecule has 8 rings (SSSR count). The molecule has 0 atom stereocenters. The summed E-state index contributed by atoms with van der Waals surface area (Å²) in [7, 11) is 1.55. The Hall–Kier alpha value is -5.41. The van der Waals surface area contributed by atoms with E-state index in [1.54, 1.807) is 31.0 Å². The summed E-state index contributed by atoms with van der Waals surface area (Å²) in [5.41, 5.74) is 13.2. The number of nitrogens with two attached hydrogens (primary N) is 1. The van der Waals surface area contributed by atoms with Gasteiger partial charge in [-0.3, -0.25) is 29.5 Å². The molecule has 1 saturated heterocycles. The number of nitro benzene ring substituents is 1. The van der Waals surface area contributed by atoms with E-state index >= 15 is 0 Å². The van der Waals surface area contributed by atoms with E-state index in [1.165, 1.54) is 49.1 Å². The lowest BCUT2D eigenvalue weighted by atomic mass is 9.59. The van der Waals surface area contributed by atoms with Crippen LogP contribution in [0, 0.1) is 15.5 Å². The lowest BCUT2D eigenvalue weighted by molar-refractivity contribution is -0.385. The largest absolute Gasteiger partial charge is 0.455 e. The Morgan fingerprint density at radius 2 is 1.92 bits per heavy atom. The monoisotopic (exact) mass is 834 g/mol. The Bertz CT molecular complexity index is 2410. The van der Waals surface area contributed by atoms with Gasteiger partial charge in [-0.05, 0) is 103 Å². The number of ether oxygens (including phenoxy) is 2. The standard InChI is InChI=1S/C44H47ClN8O5S/c1-57-20-15-47-27-38-39(46)23-35(24-40(38)53(55)56)59-50-43(54)36-8-7-33(22-41(36)58-34-21-30-10-14-48-42(30)49-26-34)52-18-16-51(17-19-52)28-31-9-13-44(11-2-12-44)25-37(31)29-3-5-32(45)6-4-29/h3-8,10,14,21-24,26-27H,2,9,11-13,15-20,25,28,46H2,1H3,(H,48,49)(H,50,54). The number of aromatic nitrogens is 2. The highest BCUT2D eigenvalue weighted by Crippen LogP contribution is 2.55. The minimum atomic E-state index is -0.518. The maximum absolute atomic E-state index is 13.8. The molecular formula is C44H47ClN8O5S. The molecule has 0 bridgehead atoms. The van der Waals surface area contributed by atoms with Crippen molar-refractivity contribution in [3.05, 3.63) is 117 Å². The second-order valence-electron chi connectivity index (χ2n) is 15.5. The van der Waals surface area contributed by atoms with Crippen LogP contribution in [0.2, 0.25) is 5.02 Å². The van der Waals surface area contributed by atoms with Gasteiger partial charge < -0.3 is 25.1 Å². The van der Waals surface area contributed by atoms with E-state index in [1.807, 2.05) is 42.6 Å². The van der Waals surface area contributed by atoms with Crippen LogP contribution >= 0.6 is 23.5 Å². The molecule has 1 aliphatic heterocycles. The number of hydrogen-bond donors (Lipinski definition) is 3. The molecule has 3 aromatic carbocycles. The van der Waals surface area contributed by atoms with Crippen molar-refractivity contribution in [3.63, 3.8) is 0 Å². The smallest absolute Gasteiger partial charge is 0.281 e. The number of aliphatic imine (C=N–C) groups is 1. The van der Waals surface area contributed by atoms with Crippen LogP contribution in [-0.2, 0) is 4.74 Å². The molecule has 13 nitrogen and oxygen atoms in total. The van der Waals surface area contributed by atoms with Crippen molar-refractivity contribution < 1.29 is 19.2 Å². The highest BCUT2D eigenvalue weighted by atomic mass is 35.5. The zero-order chi connectivity index (χ0) is 40.9. The predicted molar refractivity (Wildman–Crippen MR) is 235 cm³/mol. The first-order valence-corrected chi connectivity index (χ1v) is 21.1. The topological polar surface area (TPSA) is 164 Å². The number of allylic oxidation sites excluding steroid dienone is 1. The molecule has 5 aromatic rings. The number of nitrogens with one attached hydrogen (secondary N) is 2. The fraction of sp³-hybridized carbons (Fsp3) is 0.341. The van der Waals surface area contributed by atoms with Gasteiger partial charge in [-0.25, -0.2) is 4.98 Å². The maximum atomic E-state index is 13.8. The minimum absolute atomic E-state index is 0.165. The third-order valence-corrected chi connectivity index (χ3v) is 12.8. The lowest BCUT2D eigenvalue weighted by Crippen LogP contribution is -2.47. The SMILES string of the molecule is COCCN=Cc1c(N)cc(SNC(=O)c2ccc(N3CCN(CC4=C(c5ccc(Cl)cc5)CC5(CCC5)CC4)CC3)cc2Oc2cnc3[nH]ccc3c2)cc1[N+](=O)[O-]. The molecule has 2 fully saturated rings. The summed E-state index contributed by atoms with van der Waals surface area (Å²) in [5, 5.41) is 13.6. The van der Waals surface area contributed by atoms with Crippen LogP contribution < -0.4 is 20.1 Å². The van der Waals surface area contributed by atoms with E-state index in [0.717, 1.165) is 79.3 Å². The van der Waals surface area contributed by atoms with Gasteiger partial charge in [0.25, 0.3) is 11.6 Å². The number of nitrogen functional groups attached to an aromatic ring is 1. The molecule has 2 aromatic heterocycles. The van der Waals surface area contributed by atoms with Crippen LogP contribution in [0.4, 0.5) is 17.1 Å². The van der Waals surface area contributed by atoms with E-state index in [0.29, 0.717) is 40.5 Å². The number of carbonyl (C=O) groups is 1. The van der Waals surface area contributed by atoms with Crippen molar-refractivity contribution in [1.82, 2.24) is 19.6 Å². The Morgan fingerprint density at radius 3 is 2.66 bits per heavy atom. The van der Waals surface area contributed by atoms with E-state index in [4.69, 9.17) is 26.8 Å². The number of aromatic amines is 1. The normalized spacial score (nSPS) is 16.8. The molecule has 3 heterocycles. The number of hydrogen-bond acceptors (Lipinski definition) is 11.